The van der Waals surface area contributed by atoms with E-state index in [0.29, 0.717) is 12.6 Å². The molecule has 0 bridgehead atoms. The molecule has 0 aliphatic carbocycles. The third-order valence-corrected chi connectivity index (χ3v) is 7.23. The molecule has 4 nitrogen and oxygen atoms in total. The van der Waals surface area contributed by atoms with E-state index in [9.17, 15) is 5.11 Å². The Morgan fingerprint density at radius 1 is 1.00 bits per heavy atom. The average Bonchev–Trinajstić information content (AvgIpc) is 2.81. The van der Waals surface area contributed by atoms with Gasteiger partial charge >= 0.3 is 0 Å². The quantitative estimate of drug-likeness (QED) is 0.714. The van der Waals surface area contributed by atoms with Crippen molar-refractivity contribution in [1.82, 2.24) is 14.8 Å². The smallest absolute Gasteiger partial charge is 0.0543 e. The third-order valence-electron chi connectivity index (χ3n) is 7.23. The Bertz CT molecular complexity index is 745. The number of piperidine rings is 2. The third kappa shape index (κ3) is 5.69. The molecular weight excluding hydrogens is 370 g/mol. The molecule has 0 saturated carbocycles. The highest BCUT2D eigenvalue weighted by atomic mass is 16.3. The van der Waals surface area contributed by atoms with Crippen LogP contribution in [0.25, 0.3) is 0 Å². The highest BCUT2D eigenvalue weighted by molar-refractivity contribution is 5.14. The van der Waals surface area contributed by atoms with Crippen molar-refractivity contribution in [1.29, 1.82) is 0 Å². The summed E-state index contributed by atoms with van der Waals surface area (Å²) in [5.41, 5.74) is 2.68. The first-order chi connectivity index (χ1) is 14.8. The minimum absolute atomic E-state index is 0.0954. The van der Waals surface area contributed by atoms with Crippen molar-refractivity contribution in [2.75, 3.05) is 32.8 Å². The van der Waals surface area contributed by atoms with Crippen LogP contribution in [0.4, 0.5) is 0 Å². The maximum absolute atomic E-state index is 10.3. The van der Waals surface area contributed by atoms with E-state index in [0.717, 1.165) is 39.0 Å². The van der Waals surface area contributed by atoms with Crippen molar-refractivity contribution < 1.29 is 5.11 Å². The number of likely N-dealkylation sites (tertiary alicyclic amines) is 2. The summed E-state index contributed by atoms with van der Waals surface area (Å²) in [5.74, 6) is 0. The fourth-order valence-electron chi connectivity index (χ4n) is 5.45. The number of rotatable bonds is 8. The molecule has 2 saturated heterocycles. The van der Waals surface area contributed by atoms with Crippen LogP contribution in [0, 0.1) is 5.41 Å². The molecule has 0 radical (unpaired) electrons. The van der Waals surface area contributed by atoms with Crippen LogP contribution in [-0.2, 0) is 13.0 Å². The Morgan fingerprint density at radius 3 is 2.53 bits per heavy atom. The molecule has 1 N–H and O–H groups in total. The van der Waals surface area contributed by atoms with Crippen LogP contribution in [0.3, 0.4) is 0 Å². The summed E-state index contributed by atoms with van der Waals surface area (Å²) in [6.07, 6.45) is 10.2. The first-order valence-electron chi connectivity index (χ1n) is 11.8. The Hall–Kier alpha value is -1.75. The summed E-state index contributed by atoms with van der Waals surface area (Å²) in [5, 5.41) is 10.3. The van der Waals surface area contributed by atoms with Gasteiger partial charge in [0, 0.05) is 50.4 Å². The average molecular weight is 408 g/mol. The van der Waals surface area contributed by atoms with E-state index >= 15 is 0 Å². The van der Waals surface area contributed by atoms with Crippen molar-refractivity contribution in [3.63, 3.8) is 0 Å². The minimum Gasteiger partial charge on any atom is -0.396 e. The summed E-state index contributed by atoms with van der Waals surface area (Å²) < 4.78 is 0. The second kappa shape index (κ2) is 10.5. The summed E-state index contributed by atoms with van der Waals surface area (Å²) in [6.45, 7) is 5.87. The highest BCUT2D eigenvalue weighted by Gasteiger charge is 2.37. The first-order valence-corrected chi connectivity index (χ1v) is 11.8. The zero-order chi connectivity index (χ0) is 20.7. The number of nitrogens with zero attached hydrogens (tertiary/aromatic N) is 3. The van der Waals surface area contributed by atoms with Crippen LogP contribution in [0.15, 0.2) is 54.7 Å². The van der Waals surface area contributed by atoms with Gasteiger partial charge in [-0.3, -0.25) is 14.8 Å². The number of aliphatic hydroxyl groups excluding tert-OH is 1. The molecule has 0 spiro atoms. The van der Waals surface area contributed by atoms with Crippen LogP contribution in [0.1, 0.15) is 49.8 Å². The van der Waals surface area contributed by atoms with Gasteiger partial charge in [-0.15, -0.1) is 0 Å². The van der Waals surface area contributed by atoms with Crippen LogP contribution in [0.5, 0.6) is 0 Å². The monoisotopic (exact) mass is 407 g/mol. The van der Waals surface area contributed by atoms with E-state index in [1.807, 2.05) is 12.3 Å². The maximum atomic E-state index is 10.3. The van der Waals surface area contributed by atoms with Gasteiger partial charge in [-0.2, -0.15) is 0 Å². The molecule has 3 heterocycles. The molecule has 0 amide bonds. The maximum Gasteiger partial charge on any atom is 0.0543 e. The lowest BCUT2D eigenvalue weighted by Gasteiger charge is -2.47. The molecule has 2 aliphatic heterocycles. The molecule has 30 heavy (non-hydrogen) atoms. The Morgan fingerprint density at radius 2 is 1.80 bits per heavy atom. The van der Waals surface area contributed by atoms with E-state index < -0.39 is 0 Å². The van der Waals surface area contributed by atoms with E-state index in [4.69, 9.17) is 0 Å². The minimum atomic E-state index is 0.0954. The second-order valence-corrected chi connectivity index (χ2v) is 9.40. The Labute approximate surface area is 181 Å². The first kappa shape index (κ1) is 21.5. The Balaban J connectivity index is 1.26. The fraction of sp³-hybridized carbons (Fsp3) is 0.577. The zero-order valence-electron chi connectivity index (χ0n) is 18.3. The zero-order valence-corrected chi connectivity index (χ0v) is 18.3. The van der Waals surface area contributed by atoms with Crippen molar-refractivity contribution in [3.8, 4) is 0 Å². The normalized spacial score (nSPS) is 24.2. The molecule has 2 aliphatic rings. The Kier molecular flexibility index (Phi) is 7.53. The second-order valence-electron chi connectivity index (χ2n) is 9.40. The number of aromatic nitrogens is 1. The van der Waals surface area contributed by atoms with Gasteiger partial charge in [0.15, 0.2) is 0 Å². The van der Waals surface area contributed by atoms with E-state index in [2.05, 4.69) is 57.2 Å². The predicted molar refractivity (Wildman–Crippen MR) is 122 cm³/mol. The van der Waals surface area contributed by atoms with E-state index in [1.54, 1.807) is 0 Å². The largest absolute Gasteiger partial charge is 0.396 e. The molecule has 4 heteroatoms. The number of hydrogen-bond donors (Lipinski definition) is 1. The number of aliphatic hydroxyl groups is 1. The van der Waals surface area contributed by atoms with Crippen molar-refractivity contribution in [2.45, 2.75) is 57.5 Å². The number of benzene rings is 1. The van der Waals surface area contributed by atoms with Crippen molar-refractivity contribution >= 4 is 0 Å². The number of hydrogen-bond acceptors (Lipinski definition) is 4. The van der Waals surface area contributed by atoms with Gasteiger partial charge in [0.05, 0.1) is 5.69 Å². The number of aryl methyl sites for hydroxylation is 1. The summed E-state index contributed by atoms with van der Waals surface area (Å²) in [7, 11) is 0. The predicted octanol–water partition coefficient (Wildman–Crippen LogP) is 4.14. The molecule has 1 unspecified atom stereocenters. The van der Waals surface area contributed by atoms with Crippen LogP contribution in [-0.4, -0.2) is 58.7 Å². The van der Waals surface area contributed by atoms with Crippen LogP contribution >= 0.6 is 0 Å². The standard InChI is InChI=1S/C26H37N3O/c30-22-26(14-6-10-23-8-2-1-3-9-23)15-7-17-29(21-26)25-12-18-28(19-13-25)20-24-11-4-5-16-27-24/h1-5,8-9,11,16,25,30H,6-7,10,12-15,17-22H2. The summed E-state index contributed by atoms with van der Waals surface area (Å²) in [4.78, 5) is 9.73. The summed E-state index contributed by atoms with van der Waals surface area (Å²) >= 11 is 0. The molecule has 1 aromatic carbocycles. The van der Waals surface area contributed by atoms with Crippen molar-refractivity contribution in [2.24, 2.45) is 5.41 Å². The van der Waals surface area contributed by atoms with Gasteiger partial charge < -0.3 is 5.11 Å². The topological polar surface area (TPSA) is 39.6 Å². The van der Waals surface area contributed by atoms with Crippen LogP contribution < -0.4 is 0 Å². The van der Waals surface area contributed by atoms with Gasteiger partial charge in [-0.25, -0.2) is 0 Å². The fourth-order valence-corrected chi connectivity index (χ4v) is 5.45. The van der Waals surface area contributed by atoms with Gasteiger partial charge in [-0.05, 0) is 69.2 Å². The lowest BCUT2D eigenvalue weighted by Crippen LogP contribution is -2.52. The van der Waals surface area contributed by atoms with Gasteiger partial charge in [0.1, 0.15) is 0 Å². The molecule has 4 rings (SSSR count). The van der Waals surface area contributed by atoms with E-state index in [1.165, 1.54) is 49.9 Å². The highest BCUT2D eigenvalue weighted by Crippen LogP contribution is 2.36. The molecular formula is C26H37N3O. The lowest BCUT2D eigenvalue weighted by molar-refractivity contribution is -0.00925. The molecule has 2 aromatic rings. The molecule has 162 valence electrons. The summed E-state index contributed by atoms with van der Waals surface area (Å²) in [6, 6.07) is 17.6. The van der Waals surface area contributed by atoms with Gasteiger partial charge in [-0.1, -0.05) is 36.4 Å². The van der Waals surface area contributed by atoms with Gasteiger partial charge in [0.2, 0.25) is 0 Å². The molecule has 1 aromatic heterocycles. The van der Waals surface area contributed by atoms with Gasteiger partial charge in [0.25, 0.3) is 0 Å². The van der Waals surface area contributed by atoms with E-state index in [-0.39, 0.29) is 5.41 Å². The SMILES string of the molecule is OCC1(CCCc2ccccc2)CCCN(C2CCN(Cc3ccccn3)CC2)C1. The molecule has 2 fully saturated rings. The molecule has 1 atom stereocenters. The number of pyridine rings is 1. The lowest BCUT2D eigenvalue weighted by atomic mass is 9.75. The van der Waals surface area contributed by atoms with Crippen molar-refractivity contribution in [3.05, 3.63) is 66.0 Å². The van der Waals surface area contributed by atoms with Crippen LogP contribution in [0.2, 0.25) is 0 Å².